The molecule has 0 heterocycles. The maximum Gasteiger partial charge on any atom is 0.0752 e. The van der Waals surface area contributed by atoms with E-state index in [-0.39, 0.29) is 17.8 Å². The summed E-state index contributed by atoms with van der Waals surface area (Å²) < 4.78 is 0. The van der Waals surface area contributed by atoms with Crippen LogP contribution in [-0.4, -0.2) is 11.2 Å². The molecule has 0 amide bonds. The van der Waals surface area contributed by atoms with E-state index in [4.69, 9.17) is 0 Å². The van der Waals surface area contributed by atoms with Gasteiger partial charge in [-0.3, -0.25) is 0 Å². The van der Waals surface area contributed by atoms with Crippen LogP contribution in [0, 0.1) is 29.6 Å². The fraction of sp³-hybridized carbons (Fsp3) is 0.364. The van der Waals surface area contributed by atoms with Gasteiger partial charge in [-0.1, -0.05) is 54.6 Å². The normalized spacial score (nSPS) is 28.3. The lowest BCUT2D eigenvalue weighted by Gasteiger charge is -2.32. The van der Waals surface area contributed by atoms with Crippen LogP contribution in [0.25, 0.3) is 0 Å². The standard InChI is InChI=1S/C22H28O/c1-5-17(6-2)21-18(7-3)15-19(22(21)20(23)8-4)14-16-12-10-9-11-13-16/h5-13,17-23H,1-4,14-15H2/t18-,19-,20?,21+,22+/m1/s1. The van der Waals surface area contributed by atoms with E-state index >= 15 is 0 Å². The van der Waals surface area contributed by atoms with Crippen LogP contribution in [0.15, 0.2) is 81.0 Å². The van der Waals surface area contributed by atoms with Crippen LogP contribution < -0.4 is 0 Å². The molecule has 0 saturated heterocycles. The first kappa shape index (κ1) is 17.5. The molecule has 1 saturated carbocycles. The number of rotatable bonds is 8. The average Bonchev–Trinajstić information content (AvgIpc) is 2.94. The Bertz CT molecular complexity index is 536. The van der Waals surface area contributed by atoms with Gasteiger partial charge in [0.15, 0.2) is 0 Å². The monoisotopic (exact) mass is 308 g/mol. The summed E-state index contributed by atoms with van der Waals surface area (Å²) in [5.74, 6) is 1.38. The number of aliphatic hydroxyl groups is 1. The van der Waals surface area contributed by atoms with Crippen LogP contribution in [0.2, 0.25) is 0 Å². The van der Waals surface area contributed by atoms with Crippen LogP contribution in [0.5, 0.6) is 0 Å². The summed E-state index contributed by atoms with van der Waals surface area (Å²) in [7, 11) is 0. The van der Waals surface area contributed by atoms with E-state index in [0.717, 1.165) is 12.8 Å². The van der Waals surface area contributed by atoms with Crippen LogP contribution in [0.4, 0.5) is 0 Å². The summed E-state index contributed by atoms with van der Waals surface area (Å²) in [5, 5.41) is 10.6. The van der Waals surface area contributed by atoms with Crippen molar-refractivity contribution < 1.29 is 5.11 Å². The summed E-state index contributed by atoms with van der Waals surface area (Å²) in [6, 6.07) is 10.5. The Kier molecular flexibility index (Phi) is 6.18. The number of benzene rings is 1. The first-order valence-corrected chi connectivity index (χ1v) is 8.38. The van der Waals surface area contributed by atoms with Gasteiger partial charge in [0, 0.05) is 0 Å². The van der Waals surface area contributed by atoms with E-state index in [0.29, 0.717) is 11.8 Å². The molecule has 1 N–H and O–H groups in total. The molecule has 23 heavy (non-hydrogen) atoms. The van der Waals surface area contributed by atoms with E-state index in [2.05, 4.69) is 50.6 Å². The average molecular weight is 308 g/mol. The highest BCUT2D eigenvalue weighted by atomic mass is 16.3. The van der Waals surface area contributed by atoms with Gasteiger partial charge in [-0.15, -0.1) is 26.3 Å². The number of hydrogen-bond acceptors (Lipinski definition) is 1. The molecule has 2 rings (SSSR count). The largest absolute Gasteiger partial charge is 0.389 e. The molecule has 1 heteroatoms. The molecule has 0 aliphatic heterocycles. The Balaban J connectivity index is 2.33. The fourth-order valence-electron chi connectivity index (χ4n) is 4.27. The smallest absolute Gasteiger partial charge is 0.0752 e. The molecule has 1 aromatic rings. The van der Waals surface area contributed by atoms with E-state index in [9.17, 15) is 5.11 Å². The third kappa shape index (κ3) is 3.73. The number of allylic oxidation sites excluding steroid dienone is 3. The van der Waals surface area contributed by atoms with Crippen LogP contribution in [0.3, 0.4) is 0 Å². The van der Waals surface area contributed by atoms with Gasteiger partial charge in [0.25, 0.3) is 0 Å². The topological polar surface area (TPSA) is 20.2 Å². The molecule has 1 unspecified atom stereocenters. The zero-order valence-electron chi connectivity index (χ0n) is 13.9. The highest BCUT2D eigenvalue weighted by Crippen LogP contribution is 2.49. The molecule has 0 aromatic heterocycles. The Morgan fingerprint density at radius 1 is 1.00 bits per heavy atom. The van der Waals surface area contributed by atoms with Crippen molar-refractivity contribution in [1.29, 1.82) is 0 Å². The Morgan fingerprint density at radius 2 is 1.65 bits per heavy atom. The summed E-state index contributed by atoms with van der Waals surface area (Å²) >= 11 is 0. The van der Waals surface area contributed by atoms with Crippen molar-refractivity contribution in [3.63, 3.8) is 0 Å². The lowest BCUT2D eigenvalue weighted by molar-refractivity contribution is 0.0861. The lowest BCUT2D eigenvalue weighted by atomic mass is 9.74. The zero-order valence-corrected chi connectivity index (χ0v) is 13.9. The summed E-state index contributed by atoms with van der Waals surface area (Å²) in [6.45, 7) is 15.8. The second-order valence-electron chi connectivity index (χ2n) is 6.51. The summed E-state index contributed by atoms with van der Waals surface area (Å²) in [6.07, 6.45) is 9.10. The highest BCUT2D eigenvalue weighted by Gasteiger charge is 2.46. The van der Waals surface area contributed by atoms with Crippen molar-refractivity contribution in [1.82, 2.24) is 0 Å². The first-order valence-electron chi connectivity index (χ1n) is 8.38. The van der Waals surface area contributed by atoms with E-state index in [1.165, 1.54) is 5.56 Å². The van der Waals surface area contributed by atoms with Crippen LogP contribution in [-0.2, 0) is 6.42 Å². The van der Waals surface area contributed by atoms with Gasteiger partial charge in [0.2, 0.25) is 0 Å². The second kappa shape index (κ2) is 8.12. The molecule has 5 atom stereocenters. The molecule has 0 radical (unpaired) electrons. The molecule has 1 aromatic carbocycles. The van der Waals surface area contributed by atoms with Crippen molar-refractivity contribution in [2.45, 2.75) is 18.9 Å². The number of hydrogen-bond donors (Lipinski definition) is 1. The Morgan fingerprint density at radius 3 is 2.17 bits per heavy atom. The predicted molar refractivity (Wildman–Crippen MR) is 99.0 cm³/mol. The third-order valence-corrected chi connectivity index (χ3v) is 5.33. The predicted octanol–water partition coefficient (Wildman–Crippen LogP) is 4.82. The molecule has 1 aliphatic carbocycles. The molecule has 122 valence electrons. The third-order valence-electron chi connectivity index (χ3n) is 5.33. The minimum absolute atomic E-state index is 0.150. The molecular weight excluding hydrogens is 280 g/mol. The van der Waals surface area contributed by atoms with Gasteiger partial charge in [-0.05, 0) is 48.0 Å². The number of aliphatic hydroxyl groups excluding tert-OH is 1. The van der Waals surface area contributed by atoms with Gasteiger partial charge in [0.1, 0.15) is 0 Å². The summed E-state index contributed by atoms with van der Waals surface area (Å²) in [4.78, 5) is 0. The van der Waals surface area contributed by atoms with E-state index in [1.807, 2.05) is 24.3 Å². The maximum atomic E-state index is 10.6. The van der Waals surface area contributed by atoms with Gasteiger partial charge in [-0.2, -0.15) is 0 Å². The van der Waals surface area contributed by atoms with Gasteiger partial charge >= 0.3 is 0 Å². The quantitative estimate of drug-likeness (QED) is 0.683. The van der Waals surface area contributed by atoms with Crippen molar-refractivity contribution in [3.05, 3.63) is 86.5 Å². The Labute approximate surface area is 140 Å². The Hall–Kier alpha value is -1.86. The first-order chi connectivity index (χ1) is 11.2. The van der Waals surface area contributed by atoms with Gasteiger partial charge < -0.3 is 5.11 Å². The maximum absolute atomic E-state index is 10.6. The lowest BCUT2D eigenvalue weighted by Crippen LogP contribution is -2.32. The highest BCUT2D eigenvalue weighted by molar-refractivity contribution is 5.18. The van der Waals surface area contributed by atoms with Crippen LogP contribution in [0.1, 0.15) is 12.0 Å². The molecule has 0 spiro atoms. The fourth-order valence-corrected chi connectivity index (χ4v) is 4.27. The molecule has 1 aliphatic rings. The minimum atomic E-state index is -0.513. The van der Waals surface area contributed by atoms with E-state index in [1.54, 1.807) is 6.08 Å². The second-order valence-corrected chi connectivity index (χ2v) is 6.51. The summed E-state index contributed by atoms with van der Waals surface area (Å²) in [5.41, 5.74) is 1.32. The van der Waals surface area contributed by atoms with Crippen LogP contribution >= 0.6 is 0 Å². The van der Waals surface area contributed by atoms with Gasteiger partial charge in [-0.25, -0.2) is 0 Å². The molecular formula is C22H28O. The molecule has 1 nitrogen and oxygen atoms in total. The van der Waals surface area contributed by atoms with Crippen molar-refractivity contribution in [2.24, 2.45) is 29.6 Å². The van der Waals surface area contributed by atoms with E-state index < -0.39 is 6.10 Å². The van der Waals surface area contributed by atoms with Crippen molar-refractivity contribution in [2.75, 3.05) is 0 Å². The van der Waals surface area contributed by atoms with Gasteiger partial charge in [0.05, 0.1) is 6.10 Å². The molecule has 1 fully saturated rings. The SMILES string of the molecule is C=CC(O)[C@@H]1[C@H](Cc2ccccc2)C[C@@H](C=C)[C@@H]1C(C=C)C=C. The van der Waals surface area contributed by atoms with Crippen molar-refractivity contribution in [3.8, 4) is 0 Å². The van der Waals surface area contributed by atoms with Crippen molar-refractivity contribution >= 4 is 0 Å². The zero-order chi connectivity index (χ0) is 16.8. The minimum Gasteiger partial charge on any atom is -0.389 e. The molecule has 0 bridgehead atoms.